The fourth-order valence-electron chi connectivity index (χ4n) is 1.41. The summed E-state index contributed by atoms with van der Waals surface area (Å²) in [5.41, 5.74) is 1.86. The van der Waals surface area contributed by atoms with Crippen LogP contribution in [-0.2, 0) is 47.5 Å². The number of rotatable bonds is 2. The zero-order chi connectivity index (χ0) is 17.0. The van der Waals surface area contributed by atoms with E-state index in [0.717, 1.165) is 11.1 Å². The summed E-state index contributed by atoms with van der Waals surface area (Å²) in [5, 5.41) is 0. The van der Waals surface area contributed by atoms with Crippen molar-refractivity contribution in [3.63, 3.8) is 0 Å². The third-order valence-corrected chi connectivity index (χ3v) is 4.32. The molecule has 0 saturated heterocycles. The summed E-state index contributed by atoms with van der Waals surface area (Å²) in [5.74, 6) is 0. The van der Waals surface area contributed by atoms with E-state index in [9.17, 15) is 25.9 Å². The summed E-state index contributed by atoms with van der Waals surface area (Å²) in [4.78, 5) is -0.355. The molecule has 0 aliphatic heterocycles. The first-order chi connectivity index (χ1) is 10.00. The maximum atomic E-state index is 10.4. The van der Waals surface area contributed by atoms with Gasteiger partial charge in [0.05, 0.1) is 9.79 Å². The first kappa shape index (κ1) is 22.2. The average Bonchev–Trinajstić information content (AvgIpc) is 2.38. The van der Waals surface area contributed by atoms with Crippen molar-refractivity contribution < 1.29 is 53.2 Å². The Balaban J connectivity index is 0.000000403. The second kappa shape index (κ2) is 8.87. The first-order valence-corrected chi connectivity index (χ1v) is 8.87. The van der Waals surface area contributed by atoms with Crippen molar-refractivity contribution in [2.45, 2.75) is 23.6 Å². The minimum atomic E-state index is -4.27. The van der Waals surface area contributed by atoms with Crippen LogP contribution in [0, 0.1) is 13.8 Å². The Morgan fingerprint density at radius 3 is 1.00 bits per heavy atom. The maximum absolute atomic E-state index is 10.4. The van der Waals surface area contributed by atoms with Gasteiger partial charge < -0.3 is 9.11 Å². The summed E-state index contributed by atoms with van der Waals surface area (Å²) in [6.45, 7) is 3.64. The standard InChI is InChI=1S/2C7H8O3S.Cd/c2*1-6-2-4-7(5-3-6)11(8,9)10;/h2*2-5H,1H3,(H,8,9,10);/q;;+2/p-2. The molecule has 0 atom stereocenters. The van der Waals surface area contributed by atoms with Crippen LogP contribution in [0.1, 0.15) is 11.1 Å². The van der Waals surface area contributed by atoms with Crippen LogP contribution in [0.2, 0.25) is 0 Å². The molecule has 0 aliphatic carbocycles. The summed E-state index contributed by atoms with van der Waals surface area (Å²) in [6, 6.07) is 11.6. The van der Waals surface area contributed by atoms with Crippen LogP contribution in [0.3, 0.4) is 0 Å². The van der Waals surface area contributed by atoms with Crippen LogP contribution in [0.25, 0.3) is 0 Å². The average molecular weight is 455 g/mol. The molecule has 0 spiro atoms. The molecule has 0 radical (unpaired) electrons. The topological polar surface area (TPSA) is 114 Å². The van der Waals surface area contributed by atoms with Crippen molar-refractivity contribution in [2.24, 2.45) is 0 Å². The van der Waals surface area contributed by atoms with E-state index < -0.39 is 20.2 Å². The van der Waals surface area contributed by atoms with Gasteiger partial charge in [-0.25, -0.2) is 16.8 Å². The van der Waals surface area contributed by atoms with E-state index >= 15 is 0 Å². The Kier molecular flexibility index (Phi) is 8.56. The predicted molar refractivity (Wildman–Crippen MR) is 78.3 cm³/mol. The van der Waals surface area contributed by atoms with Crippen molar-refractivity contribution in [2.75, 3.05) is 0 Å². The number of hydrogen-bond acceptors (Lipinski definition) is 6. The van der Waals surface area contributed by atoms with Crippen molar-refractivity contribution in [3.05, 3.63) is 59.7 Å². The monoisotopic (exact) mass is 456 g/mol. The quantitative estimate of drug-likeness (QED) is 0.505. The summed E-state index contributed by atoms with van der Waals surface area (Å²) in [6.07, 6.45) is 0. The molecule has 120 valence electrons. The molecule has 23 heavy (non-hydrogen) atoms. The molecule has 0 aliphatic rings. The molecular weight excluding hydrogens is 441 g/mol. The molecule has 0 saturated carbocycles. The Bertz CT molecular complexity index is 752. The van der Waals surface area contributed by atoms with Crippen molar-refractivity contribution in [1.82, 2.24) is 0 Å². The van der Waals surface area contributed by atoms with Crippen LogP contribution in [0.5, 0.6) is 0 Å². The van der Waals surface area contributed by atoms with Crippen LogP contribution in [0.15, 0.2) is 58.3 Å². The zero-order valence-corrected chi connectivity index (χ0v) is 18.3. The van der Waals surface area contributed by atoms with E-state index in [4.69, 9.17) is 0 Å². The largest absolute Gasteiger partial charge is 2.00 e. The molecule has 0 N–H and O–H groups in total. The maximum Gasteiger partial charge on any atom is 2.00 e. The Hall–Kier alpha value is -0.818. The molecule has 0 unspecified atom stereocenters. The summed E-state index contributed by atoms with van der Waals surface area (Å²) in [7, 11) is -8.54. The molecule has 2 rings (SSSR count). The third kappa shape index (κ3) is 8.02. The minimum absolute atomic E-state index is 0. The van der Waals surface area contributed by atoms with Crippen LogP contribution in [0.4, 0.5) is 0 Å². The van der Waals surface area contributed by atoms with Gasteiger partial charge in [0.1, 0.15) is 20.2 Å². The Morgan fingerprint density at radius 1 is 0.609 bits per heavy atom. The van der Waals surface area contributed by atoms with Crippen LogP contribution < -0.4 is 0 Å². The van der Waals surface area contributed by atoms with Gasteiger partial charge in [-0.15, -0.1) is 0 Å². The molecule has 6 nitrogen and oxygen atoms in total. The fraction of sp³-hybridized carbons (Fsp3) is 0.143. The smallest absolute Gasteiger partial charge is 0.744 e. The van der Waals surface area contributed by atoms with Gasteiger partial charge in [0.15, 0.2) is 0 Å². The molecule has 0 aromatic heterocycles. The molecular formula is C14H14CdO6S2. The first-order valence-electron chi connectivity index (χ1n) is 6.05. The van der Waals surface area contributed by atoms with Crippen molar-refractivity contribution in [1.29, 1.82) is 0 Å². The predicted octanol–water partition coefficient (Wildman–Crippen LogP) is 1.80. The summed E-state index contributed by atoms with van der Waals surface area (Å²) < 4.78 is 62.3. The molecule has 0 fully saturated rings. The summed E-state index contributed by atoms with van der Waals surface area (Å²) >= 11 is 0. The van der Waals surface area contributed by atoms with Gasteiger partial charge in [-0.2, -0.15) is 0 Å². The van der Waals surface area contributed by atoms with E-state index in [1.165, 1.54) is 24.3 Å². The van der Waals surface area contributed by atoms with E-state index in [0.29, 0.717) is 0 Å². The van der Waals surface area contributed by atoms with Gasteiger partial charge >= 0.3 is 27.3 Å². The second-order valence-electron chi connectivity index (χ2n) is 4.53. The van der Waals surface area contributed by atoms with Gasteiger partial charge in [-0.1, -0.05) is 35.4 Å². The van der Waals surface area contributed by atoms with Crippen LogP contribution in [-0.4, -0.2) is 25.9 Å². The van der Waals surface area contributed by atoms with Crippen LogP contribution >= 0.6 is 0 Å². The van der Waals surface area contributed by atoms with E-state index in [1.54, 1.807) is 24.3 Å². The van der Waals surface area contributed by atoms with E-state index in [1.807, 2.05) is 13.8 Å². The van der Waals surface area contributed by atoms with Crippen molar-refractivity contribution in [3.8, 4) is 0 Å². The number of benzene rings is 2. The zero-order valence-electron chi connectivity index (χ0n) is 12.6. The van der Waals surface area contributed by atoms with Gasteiger partial charge in [0, 0.05) is 0 Å². The van der Waals surface area contributed by atoms with Gasteiger partial charge in [-0.3, -0.25) is 0 Å². The molecule has 2 aromatic rings. The van der Waals surface area contributed by atoms with Gasteiger partial charge in [0.25, 0.3) is 0 Å². The second-order valence-corrected chi connectivity index (χ2v) is 7.29. The Morgan fingerprint density at radius 2 is 0.826 bits per heavy atom. The van der Waals surface area contributed by atoms with Gasteiger partial charge in [-0.05, 0) is 38.1 Å². The van der Waals surface area contributed by atoms with E-state index in [-0.39, 0.29) is 37.1 Å². The Labute approximate surface area is 156 Å². The third-order valence-electron chi connectivity index (χ3n) is 2.62. The molecule has 0 heterocycles. The number of hydrogen-bond donors (Lipinski definition) is 0. The fourth-order valence-corrected chi connectivity index (χ4v) is 2.35. The molecule has 2 aromatic carbocycles. The number of aryl methyl sites for hydroxylation is 2. The van der Waals surface area contributed by atoms with Gasteiger partial charge in [0.2, 0.25) is 0 Å². The molecule has 0 amide bonds. The van der Waals surface area contributed by atoms with Crippen molar-refractivity contribution >= 4 is 20.2 Å². The van der Waals surface area contributed by atoms with E-state index in [2.05, 4.69) is 0 Å². The molecule has 9 heteroatoms. The SMILES string of the molecule is Cc1ccc(S(=O)(=O)[O-])cc1.Cc1ccc(S(=O)(=O)[O-])cc1.[Cd+2]. The normalized spacial score (nSPS) is 11.0. The minimum Gasteiger partial charge on any atom is -0.744 e. The molecule has 0 bridgehead atoms.